The van der Waals surface area contributed by atoms with Gasteiger partial charge in [0.1, 0.15) is 13.2 Å². The van der Waals surface area contributed by atoms with Gasteiger partial charge in [0.15, 0.2) is 0 Å². The summed E-state index contributed by atoms with van der Waals surface area (Å²) in [6, 6.07) is -0.761. The maximum absolute atomic E-state index is 13.0. The van der Waals surface area contributed by atoms with Crippen LogP contribution in [0.3, 0.4) is 0 Å². The van der Waals surface area contributed by atoms with Crippen molar-refractivity contribution in [2.75, 3.05) is 40.9 Å². The van der Waals surface area contributed by atoms with Crippen LogP contribution in [0.4, 0.5) is 0 Å². The van der Waals surface area contributed by atoms with E-state index in [1.807, 2.05) is 21.1 Å². The highest BCUT2D eigenvalue weighted by atomic mass is 31.2. The number of amides is 1. The first-order chi connectivity index (χ1) is 35.0. The van der Waals surface area contributed by atoms with E-state index in [0.29, 0.717) is 23.9 Å². The molecule has 3 atom stereocenters. The van der Waals surface area contributed by atoms with E-state index < -0.39 is 20.0 Å². The average Bonchev–Trinajstić information content (AvgIpc) is 3.34. The number of rotatable bonds is 59. The van der Waals surface area contributed by atoms with Crippen LogP contribution in [0, 0.1) is 0 Å². The molecule has 428 valence electrons. The Hall–Kier alpha value is -1.02. The van der Waals surface area contributed by atoms with Gasteiger partial charge in [0.25, 0.3) is 0 Å². The molecule has 72 heavy (non-hydrogen) atoms. The number of likely N-dealkylation sites (N-methyl/N-ethyl adjacent to an activating group) is 1. The number of hydrogen-bond donors (Lipinski definition) is 3. The predicted octanol–water partition coefficient (Wildman–Crippen LogP) is 19.5. The smallest absolute Gasteiger partial charge is 0.391 e. The molecule has 0 aromatic rings. The van der Waals surface area contributed by atoms with Gasteiger partial charge in [-0.1, -0.05) is 295 Å². The lowest BCUT2D eigenvalue weighted by Crippen LogP contribution is -2.46. The Labute approximate surface area is 449 Å². The van der Waals surface area contributed by atoms with Gasteiger partial charge in [-0.05, 0) is 44.9 Å². The Bertz CT molecular complexity index is 1220. The molecule has 0 saturated heterocycles. The highest BCUT2D eigenvalue weighted by Crippen LogP contribution is 2.43. The molecule has 0 spiro atoms. The van der Waals surface area contributed by atoms with Gasteiger partial charge in [-0.2, -0.15) is 0 Å². The van der Waals surface area contributed by atoms with Gasteiger partial charge in [-0.25, -0.2) is 4.57 Å². The number of nitrogens with one attached hydrogen (secondary N) is 1. The van der Waals surface area contributed by atoms with E-state index in [-0.39, 0.29) is 19.1 Å². The topological polar surface area (TPSA) is 105 Å². The van der Waals surface area contributed by atoms with E-state index in [9.17, 15) is 19.4 Å². The van der Waals surface area contributed by atoms with Crippen LogP contribution in [0.15, 0.2) is 24.3 Å². The minimum Gasteiger partial charge on any atom is -0.391 e. The normalized spacial score (nSPS) is 13.9. The molecule has 0 heterocycles. The van der Waals surface area contributed by atoms with Gasteiger partial charge in [0.05, 0.1) is 39.9 Å². The quantitative estimate of drug-likeness (QED) is 0.0243. The molecule has 0 aromatic carbocycles. The minimum atomic E-state index is -4.33. The molecule has 3 unspecified atom stereocenters. The number of unbranched alkanes of at least 4 members (excludes halogenated alkanes) is 42. The molecule has 0 rings (SSSR count). The lowest BCUT2D eigenvalue weighted by molar-refractivity contribution is -0.870. The van der Waals surface area contributed by atoms with Crippen LogP contribution in [0.25, 0.3) is 0 Å². The standard InChI is InChI=1S/C63H125N2O6P/c1-6-8-10-12-14-16-18-20-22-24-26-28-30-32-34-36-38-40-42-44-46-48-50-52-54-56-62(66)61(60-71-72(68,69)70-59-58-65(3,4)5)64-63(67)57-55-53-51-49-47-45-43-41-39-37-35-33-31-29-27-25-23-21-19-17-15-13-11-9-7-2/h19,21,25,27,61-62,66H,6-18,20,22-24,26,28-60H2,1-5H3,(H-,64,67,68,69)/p+1/b21-19-,27-25-. The van der Waals surface area contributed by atoms with E-state index in [2.05, 4.69) is 43.5 Å². The Morgan fingerprint density at radius 1 is 0.472 bits per heavy atom. The zero-order chi connectivity index (χ0) is 52.7. The number of aliphatic hydroxyl groups is 1. The van der Waals surface area contributed by atoms with Crippen molar-refractivity contribution in [1.29, 1.82) is 0 Å². The second kappa shape index (κ2) is 54.8. The summed E-state index contributed by atoms with van der Waals surface area (Å²) in [5.74, 6) is -0.140. The van der Waals surface area contributed by atoms with Crippen LogP contribution in [0.5, 0.6) is 0 Å². The second-order valence-corrected chi connectivity index (χ2v) is 24.6. The van der Waals surface area contributed by atoms with E-state index in [0.717, 1.165) is 44.9 Å². The van der Waals surface area contributed by atoms with Gasteiger partial charge in [0.2, 0.25) is 5.91 Å². The summed E-state index contributed by atoms with van der Waals surface area (Å²) in [6.45, 7) is 4.93. The van der Waals surface area contributed by atoms with Crippen molar-refractivity contribution in [1.82, 2.24) is 5.32 Å². The molecule has 8 nitrogen and oxygen atoms in total. The van der Waals surface area contributed by atoms with Crippen LogP contribution >= 0.6 is 7.82 Å². The molecule has 0 fully saturated rings. The number of carbonyl (C=O) groups is 1. The SMILES string of the molecule is CCCCCCC/C=C\C/C=C\CCCCCCCCCCCCCCCC(=O)NC(COP(=O)(O)OCC[N+](C)(C)C)C(O)CCCCCCCCCCCCCCCCCCCCCCCCCCC. The molecule has 0 saturated carbocycles. The van der Waals surface area contributed by atoms with Crippen LogP contribution in [-0.4, -0.2) is 73.4 Å². The van der Waals surface area contributed by atoms with Crippen molar-refractivity contribution in [3.63, 3.8) is 0 Å². The number of quaternary nitrogens is 1. The summed E-state index contributed by atoms with van der Waals surface area (Å²) in [5, 5.41) is 14.1. The number of nitrogens with zero attached hydrogens (tertiary/aromatic N) is 1. The molecule has 0 aliphatic carbocycles. The van der Waals surface area contributed by atoms with Crippen molar-refractivity contribution in [2.45, 2.75) is 334 Å². The monoisotopic (exact) mass is 1040 g/mol. The van der Waals surface area contributed by atoms with Crippen LogP contribution in [-0.2, 0) is 18.4 Å². The van der Waals surface area contributed by atoms with Crippen molar-refractivity contribution in [2.24, 2.45) is 0 Å². The number of hydrogen-bond acceptors (Lipinski definition) is 5. The van der Waals surface area contributed by atoms with Crippen molar-refractivity contribution in [3.05, 3.63) is 24.3 Å². The number of aliphatic hydroxyl groups excluding tert-OH is 1. The van der Waals surface area contributed by atoms with Gasteiger partial charge >= 0.3 is 7.82 Å². The van der Waals surface area contributed by atoms with Crippen LogP contribution in [0.1, 0.15) is 322 Å². The fourth-order valence-corrected chi connectivity index (χ4v) is 10.5. The Balaban J connectivity index is 4.09. The fourth-order valence-electron chi connectivity index (χ4n) is 9.73. The number of phosphoric acid groups is 1. The van der Waals surface area contributed by atoms with E-state index in [4.69, 9.17) is 9.05 Å². The van der Waals surface area contributed by atoms with Crippen molar-refractivity contribution >= 4 is 13.7 Å². The van der Waals surface area contributed by atoms with Crippen LogP contribution < -0.4 is 5.32 Å². The third-order valence-electron chi connectivity index (χ3n) is 14.7. The average molecular weight is 1040 g/mol. The van der Waals surface area contributed by atoms with Crippen molar-refractivity contribution in [3.8, 4) is 0 Å². The summed E-state index contributed by atoms with van der Waals surface area (Å²) in [7, 11) is 1.63. The number of carbonyl (C=O) groups excluding carboxylic acids is 1. The predicted molar refractivity (Wildman–Crippen MR) is 314 cm³/mol. The zero-order valence-corrected chi connectivity index (χ0v) is 49.8. The lowest BCUT2D eigenvalue weighted by Gasteiger charge is -2.26. The molecule has 0 aliphatic rings. The van der Waals surface area contributed by atoms with Gasteiger partial charge in [-0.15, -0.1) is 0 Å². The lowest BCUT2D eigenvalue weighted by atomic mass is 10.0. The third kappa shape index (κ3) is 56.7. The molecule has 0 aromatic heterocycles. The maximum Gasteiger partial charge on any atom is 0.472 e. The van der Waals surface area contributed by atoms with Gasteiger partial charge in [-0.3, -0.25) is 13.8 Å². The molecular weight excluding hydrogens is 912 g/mol. The van der Waals surface area contributed by atoms with Crippen LogP contribution in [0.2, 0.25) is 0 Å². The largest absolute Gasteiger partial charge is 0.472 e. The minimum absolute atomic E-state index is 0.0764. The van der Waals surface area contributed by atoms with E-state index in [1.165, 1.54) is 250 Å². The highest BCUT2D eigenvalue weighted by molar-refractivity contribution is 7.47. The first-order valence-corrected chi connectivity index (χ1v) is 33.2. The summed E-state index contributed by atoms with van der Waals surface area (Å²) in [4.78, 5) is 23.4. The molecule has 1 amide bonds. The number of allylic oxidation sites excluding steroid dienone is 4. The molecule has 0 bridgehead atoms. The molecule has 9 heteroatoms. The van der Waals surface area contributed by atoms with Crippen molar-refractivity contribution < 1.29 is 32.9 Å². The first kappa shape index (κ1) is 71.0. The van der Waals surface area contributed by atoms with Gasteiger partial charge < -0.3 is 19.8 Å². The Kier molecular flexibility index (Phi) is 54.0. The highest BCUT2D eigenvalue weighted by Gasteiger charge is 2.28. The maximum atomic E-state index is 13.0. The Morgan fingerprint density at radius 2 is 0.792 bits per heavy atom. The Morgan fingerprint density at radius 3 is 1.14 bits per heavy atom. The summed E-state index contributed by atoms with van der Waals surface area (Å²) in [6.07, 6.45) is 69.6. The zero-order valence-electron chi connectivity index (χ0n) is 48.9. The summed E-state index contributed by atoms with van der Waals surface area (Å²) in [5.41, 5.74) is 0. The second-order valence-electron chi connectivity index (χ2n) is 23.1. The summed E-state index contributed by atoms with van der Waals surface area (Å²) >= 11 is 0. The van der Waals surface area contributed by atoms with E-state index in [1.54, 1.807) is 0 Å². The molecule has 0 radical (unpaired) electrons. The molecular formula is C63H126N2O6P+. The summed E-state index contributed by atoms with van der Waals surface area (Å²) < 4.78 is 23.8. The molecule has 0 aliphatic heterocycles. The number of phosphoric ester groups is 1. The van der Waals surface area contributed by atoms with E-state index >= 15 is 0 Å². The fraction of sp³-hybridized carbons (Fsp3) is 0.921. The first-order valence-electron chi connectivity index (χ1n) is 31.7. The third-order valence-corrected chi connectivity index (χ3v) is 15.7. The van der Waals surface area contributed by atoms with Gasteiger partial charge in [0, 0.05) is 6.42 Å². The molecule has 3 N–H and O–H groups in total.